The van der Waals surface area contributed by atoms with E-state index in [9.17, 15) is 9.59 Å². The predicted molar refractivity (Wildman–Crippen MR) is 97.8 cm³/mol. The van der Waals surface area contributed by atoms with Crippen molar-refractivity contribution < 1.29 is 14.3 Å². The zero-order chi connectivity index (χ0) is 17.6. The number of fused-ring (bicyclic) bond motifs is 1. The first kappa shape index (κ1) is 16.7. The van der Waals surface area contributed by atoms with Crippen molar-refractivity contribution in [3.8, 4) is 5.75 Å². The van der Waals surface area contributed by atoms with Gasteiger partial charge in [-0.2, -0.15) is 0 Å². The fourth-order valence-corrected chi connectivity index (χ4v) is 2.67. The minimum absolute atomic E-state index is 0.0970. The van der Waals surface area contributed by atoms with Gasteiger partial charge in [-0.25, -0.2) is 0 Å². The van der Waals surface area contributed by atoms with Crippen LogP contribution in [-0.2, 0) is 4.79 Å². The molecule has 0 radical (unpaired) electrons. The largest absolute Gasteiger partial charge is 0.484 e. The molecule has 4 nitrogen and oxygen atoms in total. The van der Waals surface area contributed by atoms with Gasteiger partial charge in [0.15, 0.2) is 6.61 Å². The second-order valence-electron chi connectivity index (χ2n) is 5.87. The van der Waals surface area contributed by atoms with Gasteiger partial charge in [-0.1, -0.05) is 48.5 Å². The van der Waals surface area contributed by atoms with E-state index in [4.69, 9.17) is 4.74 Å². The summed E-state index contributed by atoms with van der Waals surface area (Å²) in [5.41, 5.74) is 1.55. The molecule has 0 fully saturated rings. The van der Waals surface area contributed by atoms with Crippen molar-refractivity contribution in [2.45, 2.75) is 13.0 Å². The van der Waals surface area contributed by atoms with Gasteiger partial charge in [-0.05, 0) is 41.5 Å². The molecule has 3 rings (SSSR count). The quantitative estimate of drug-likeness (QED) is 0.696. The van der Waals surface area contributed by atoms with Gasteiger partial charge < -0.3 is 10.1 Å². The van der Waals surface area contributed by atoms with Gasteiger partial charge in [-0.3, -0.25) is 9.59 Å². The lowest BCUT2D eigenvalue weighted by molar-refractivity contribution is -0.123. The molecule has 0 saturated carbocycles. The van der Waals surface area contributed by atoms with Gasteiger partial charge >= 0.3 is 0 Å². The Balaban J connectivity index is 1.60. The summed E-state index contributed by atoms with van der Waals surface area (Å²) in [6.07, 6.45) is 0.745. The Labute approximate surface area is 146 Å². The highest BCUT2D eigenvalue weighted by atomic mass is 16.5. The maximum Gasteiger partial charge on any atom is 0.258 e. The van der Waals surface area contributed by atoms with Crippen LogP contribution in [0.1, 0.15) is 28.9 Å². The number of rotatable bonds is 6. The SMILES string of the molecule is C[C@H](NC(=O)COc1cccc(C=O)c1)c1ccc2ccccc2c1. The molecule has 3 aromatic carbocycles. The summed E-state index contributed by atoms with van der Waals surface area (Å²) in [4.78, 5) is 22.9. The van der Waals surface area contributed by atoms with Crippen LogP contribution in [-0.4, -0.2) is 18.8 Å². The summed E-state index contributed by atoms with van der Waals surface area (Å²) in [7, 11) is 0. The molecule has 1 amide bonds. The third-order valence-corrected chi connectivity index (χ3v) is 4.02. The number of carbonyl (C=O) groups is 2. The normalized spacial score (nSPS) is 11.7. The van der Waals surface area contributed by atoms with Crippen LogP contribution >= 0.6 is 0 Å². The first-order valence-corrected chi connectivity index (χ1v) is 8.12. The molecule has 126 valence electrons. The van der Waals surface area contributed by atoms with Crippen molar-refractivity contribution in [1.29, 1.82) is 0 Å². The van der Waals surface area contributed by atoms with E-state index >= 15 is 0 Å². The maximum absolute atomic E-state index is 12.1. The standard InChI is InChI=1S/C21H19NO3/c1-15(18-10-9-17-6-2-3-7-19(17)12-18)22-21(24)14-25-20-8-4-5-16(11-20)13-23/h2-13,15H,14H2,1H3,(H,22,24)/t15-/m0/s1. The van der Waals surface area contributed by atoms with Crippen LogP contribution in [0.5, 0.6) is 5.75 Å². The second kappa shape index (κ2) is 7.62. The zero-order valence-electron chi connectivity index (χ0n) is 13.9. The number of ether oxygens (including phenoxy) is 1. The maximum atomic E-state index is 12.1. The van der Waals surface area contributed by atoms with E-state index in [-0.39, 0.29) is 18.6 Å². The van der Waals surface area contributed by atoms with Crippen molar-refractivity contribution in [2.75, 3.05) is 6.61 Å². The molecule has 0 saturated heterocycles. The van der Waals surface area contributed by atoms with Crippen LogP contribution in [0.15, 0.2) is 66.7 Å². The minimum atomic E-state index is -0.211. The molecule has 3 aromatic rings. The van der Waals surface area contributed by atoms with Crippen molar-refractivity contribution in [3.05, 3.63) is 77.9 Å². The Kier molecular flexibility index (Phi) is 5.09. The molecule has 0 spiro atoms. The van der Waals surface area contributed by atoms with E-state index in [1.54, 1.807) is 24.3 Å². The van der Waals surface area contributed by atoms with Gasteiger partial charge in [0.05, 0.1) is 6.04 Å². The average molecular weight is 333 g/mol. The fraction of sp³-hybridized carbons (Fsp3) is 0.143. The molecule has 1 atom stereocenters. The molecule has 0 aliphatic carbocycles. The number of benzene rings is 3. The average Bonchev–Trinajstić information content (AvgIpc) is 2.66. The van der Waals surface area contributed by atoms with E-state index in [0.29, 0.717) is 11.3 Å². The predicted octanol–water partition coefficient (Wildman–Crippen LogP) is 3.91. The van der Waals surface area contributed by atoms with Gasteiger partial charge in [0.1, 0.15) is 12.0 Å². The molecule has 0 aliphatic rings. The van der Waals surface area contributed by atoms with Crippen molar-refractivity contribution in [1.82, 2.24) is 5.32 Å². The summed E-state index contributed by atoms with van der Waals surface area (Å²) in [5, 5.41) is 5.24. The smallest absolute Gasteiger partial charge is 0.258 e. The van der Waals surface area contributed by atoms with E-state index in [1.807, 2.05) is 25.1 Å². The number of carbonyl (C=O) groups excluding carboxylic acids is 2. The molecular formula is C21H19NO3. The van der Waals surface area contributed by atoms with E-state index in [2.05, 4.69) is 29.6 Å². The molecule has 0 aliphatic heterocycles. The van der Waals surface area contributed by atoms with E-state index in [1.165, 1.54) is 5.39 Å². The highest BCUT2D eigenvalue weighted by molar-refractivity contribution is 5.83. The zero-order valence-corrected chi connectivity index (χ0v) is 13.9. The molecule has 1 N–H and O–H groups in total. The molecule has 4 heteroatoms. The highest BCUT2D eigenvalue weighted by Gasteiger charge is 2.11. The van der Waals surface area contributed by atoms with E-state index < -0.39 is 0 Å². The molecule has 25 heavy (non-hydrogen) atoms. The Bertz CT molecular complexity index is 904. The second-order valence-corrected chi connectivity index (χ2v) is 5.87. The lowest BCUT2D eigenvalue weighted by Crippen LogP contribution is -2.31. The monoisotopic (exact) mass is 333 g/mol. The van der Waals surface area contributed by atoms with Gasteiger partial charge in [0, 0.05) is 5.56 Å². The van der Waals surface area contributed by atoms with Crippen molar-refractivity contribution in [2.24, 2.45) is 0 Å². The van der Waals surface area contributed by atoms with Crippen molar-refractivity contribution >= 4 is 23.0 Å². The summed E-state index contributed by atoms with van der Waals surface area (Å²) >= 11 is 0. The fourth-order valence-electron chi connectivity index (χ4n) is 2.67. The van der Waals surface area contributed by atoms with Gasteiger partial charge in [-0.15, -0.1) is 0 Å². The van der Waals surface area contributed by atoms with Crippen LogP contribution in [0.3, 0.4) is 0 Å². The topological polar surface area (TPSA) is 55.4 Å². The number of amides is 1. The van der Waals surface area contributed by atoms with Crippen LogP contribution in [0.25, 0.3) is 10.8 Å². The third kappa shape index (κ3) is 4.23. The summed E-state index contributed by atoms with van der Waals surface area (Å²) in [5.74, 6) is 0.287. The van der Waals surface area contributed by atoms with Crippen molar-refractivity contribution in [3.63, 3.8) is 0 Å². The third-order valence-electron chi connectivity index (χ3n) is 4.02. The van der Waals surface area contributed by atoms with Crippen LogP contribution in [0, 0.1) is 0 Å². The van der Waals surface area contributed by atoms with Gasteiger partial charge in [0.25, 0.3) is 5.91 Å². The Morgan fingerprint density at radius 3 is 2.64 bits per heavy atom. The molecule has 0 aromatic heterocycles. The minimum Gasteiger partial charge on any atom is -0.484 e. The molecule has 0 heterocycles. The summed E-state index contributed by atoms with van der Waals surface area (Å²) < 4.78 is 5.45. The number of hydrogen-bond acceptors (Lipinski definition) is 3. The van der Waals surface area contributed by atoms with Crippen LogP contribution < -0.4 is 10.1 Å². The number of aldehydes is 1. The summed E-state index contributed by atoms with van der Waals surface area (Å²) in [6, 6.07) is 20.9. The van der Waals surface area contributed by atoms with Crippen LogP contribution in [0.2, 0.25) is 0 Å². The first-order valence-electron chi connectivity index (χ1n) is 8.12. The lowest BCUT2D eigenvalue weighted by Gasteiger charge is -2.15. The van der Waals surface area contributed by atoms with Crippen LogP contribution in [0.4, 0.5) is 0 Å². The summed E-state index contributed by atoms with van der Waals surface area (Å²) in [6.45, 7) is 1.84. The molecular weight excluding hydrogens is 314 g/mol. The Morgan fingerprint density at radius 1 is 1.04 bits per heavy atom. The van der Waals surface area contributed by atoms with E-state index in [0.717, 1.165) is 17.2 Å². The number of hydrogen-bond donors (Lipinski definition) is 1. The molecule has 0 bridgehead atoms. The van der Waals surface area contributed by atoms with Gasteiger partial charge in [0.2, 0.25) is 0 Å². The highest BCUT2D eigenvalue weighted by Crippen LogP contribution is 2.20. The first-order chi connectivity index (χ1) is 12.2. The lowest BCUT2D eigenvalue weighted by atomic mass is 10.0. The Hall–Kier alpha value is -3.14. The Morgan fingerprint density at radius 2 is 1.84 bits per heavy atom. The number of nitrogens with one attached hydrogen (secondary N) is 1. The molecule has 0 unspecified atom stereocenters.